The van der Waals surface area contributed by atoms with Gasteiger partial charge in [-0.1, -0.05) is 29.4 Å². The van der Waals surface area contributed by atoms with Crippen LogP contribution in [0.3, 0.4) is 0 Å². The summed E-state index contributed by atoms with van der Waals surface area (Å²) in [6.45, 7) is 3.63. The molecule has 0 atom stereocenters. The largest absolute Gasteiger partial charge is 0.492 e. The minimum absolute atomic E-state index is 0.0940. The molecular weight excluding hydrogens is 394 g/mol. The SMILES string of the molecule is CN(CCOc1cccc(CNC(=O)Cc2noc3ccccc23)c1)C1CCOCC1. The first-order chi connectivity index (χ1) is 15.2. The third-order valence-electron chi connectivity index (χ3n) is 5.70. The quantitative estimate of drug-likeness (QED) is 0.570. The Morgan fingerprint density at radius 3 is 2.90 bits per heavy atom. The van der Waals surface area contributed by atoms with Crippen LogP contribution in [-0.2, 0) is 22.5 Å². The molecule has 164 valence electrons. The van der Waals surface area contributed by atoms with Crippen LogP contribution in [0.25, 0.3) is 11.0 Å². The van der Waals surface area contributed by atoms with Crippen LogP contribution in [0.2, 0.25) is 0 Å². The van der Waals surface area contributed by atoms with E-state index in [2.05, 4.69) is 22.4 Å². The number of carbonyl (C=O) groups excluding carboxylic acids is 1. The number of nitrogens with one attached hydrogen (secondary N) is 1. The molecule has 1 N–H and O–H groups in total. The van der Waals surface area contributed by atoms with Crippen molar-refractivity contribution in [3.8, 4) is 5.75 Å². The molecule has 0 saturated carbocycles. The van der Waals surface area contributed by atoms with E-state index in [4.69, 9.17) is 14.0 Å². The zero-order chi connectivity index (χ0) is 21.5. The van der Waals surface area contributed by atoms with Crippen molar-refractivity contribution in [2.45, 2.75) is 31.8 Å². The van der Waals surface area contributed by atoms with Gasteiger partial charge in [0, 0.05) is 37.7 Å². The van der Waals surface area contributed by atoms with Crippen LogP contribution in [0.4, 0.5) is 0 Å². The monoisotopic (exact) mass is 423 g/mol. The Bertz CT molecular complexity index is 997. The summed E-state index contributed by atoms with van der Waals surface area (Å²) in [5.41, 5.74) is 2.34. The highest BCUT2D eigenvalue weighted by molar-refractivity contribution is 5.86. The summed E-state index contributed by atoms with van der Waals surface area (Å²) in [5, 5.41) is 7.84. The Labute approximate surface area is 182 Å². The predicted octanol–water partition coefficient (Wildman–Crippen LogP) is 3.18. The minimum atomic E-state index is -0.0940. The van der Waals surface area contributed by atoms with E-state index in [1.54, 1.807) is 0 Å². The van der Waals surface area contributed by atoms with Crippen molar-refractivity contribution in [3.63, 3.8) is 0 Å². The van der Waals surface area contributed by atoms with E-state index in [9.17, 15) is 4.79 Å². The molecule has 7 nitrogen and oxygen atoms in total. The number of nitrogens with zero attached hydrogens (tertiary/aromatic N) is 2. The molecule has 1 saturated heterocycles. The van der Waals surface area contributed by atoms with Crippen molar-refractivity contribution in [2.24, 2.45) is 0 Å². The van der Waals surface area contributed by atoms with E-state index in [1.807, 2.05) is 48.5 Å². The van der Waals surface area contributed by atoms with Gasteiger partial charge in [0.05, 0.1) is 6.42 Å². The maximum atomic E-state index is 12.4. The molecule has 7 heteroatoms. The van der Waals surface area contributed by atoms with Crippen molar-refractivity contribution in [3.05, 3.63) is 59.8 Å². The topological polar surface area (TPSA) is 76.8 Å². The first-order valence-corrected chi connectivity index (χ1v) is 10.8. The van der Waals surface area contributed by atoms with Crippen molar-refractivity contribution >= 4 is 16.9 Å². The number of hydrogen-bond donors (Lipinski definition) is 1. The molecule has 1 aliphatic rings. The van der Waals surface area contributed by atoms with Gasteiger partial charge >= 0.3 is 0 Å². The van der Waals surface area contributed by atoms with Gasteiger partial charge in [-0.05, 0) is 49.7 Å². The molecule has 0 spiro atoms. The lowest BCUT2D eigenvalue weighted by molar-refractivity contribution is -0.120. The zero-order valence-corrected chi connectivity index (χ0v) is 17.9. The second kappa shape index (κ2) is 10.4. The van der Waals surface area contributed by atoms with Crippen LogP contribution in [0.1, 0.15) is 24.1 Å². The van der Waals surface area contributed by atoms with Gasteiger partial charge in [0.2, 0.25) is 5.91 Å². The lowest BCUT2D eigenvalue weighted by Gasteiger charge is -2.31. The molecule has 0 unspecified atom stereocenters. The molecule has 0 radical (unpaired) electrons. The number of para-hydroxylation sites is 1. The summed E-state index contributed by atoms with van der Waals surface area (Å²) in [7, 11) is 2.14. The Kier molecular flexibility index (Phi) is 7.17. The third kappa shape index (κ3) is 5.83. The molecule has 1 aromatic heterocycles. The van der Waals surface area contributed by atoms with Gasteiger partial charge in [-0.3, -0.25) is 9.69 Å². The zero-order valence-electron chi connectivity index (χ0n) is 17.9. The van der Waals surface area contributed by atoms with Gasteiger partial charge in [0.1, 0.15) is 18.1 Å². The van der Waals surface area contributed by atoms with Crippen LogP contribution in [-0.4, -0.2) is 55.4 Å². The average Bonchev–Trinajstić information content (AvgIpc) is 3.21. The molecule has 4 rings (SSSR count). The highest BCUT2D eigenvalue weighted by Gasteiger charge is 2.18. The van der Waals surface area contributed by atoms with Gasteiger partial charge in [-0.15, -0.1) is 0 Å². The van der Waals surface area contributed by atoms with E-state index in [1.165, 1.54) is 0 Å². The lowest BCUT2D eigenvalue weighted by Crippen LogP contribution is -2.38. The molecule has 1 fully saturated rings. The molecule has 2 heterocycles. The third-order valence-corrected chi connectivity index (χ3v) is 5.70. The number of aromatic nitrogens is 1. The van der Waals surface area contributed by atoms with Crippen LogP contribution in [0.15, 0.2) is 53.1 Å². The number of benzene rings is 2. The molecule has 1 aliphatic heterocycles. The Morgan fingerprint density at radius 1 is 1.19 bits per heavy atom. The van der Waals surface area contributed by atoms with Gasteiger partial charge in [-0.2, -0.15) is 0 Å². The summed E-state index contributed by atoms with van der Waals surface area (Å²) in [6.07, 6.45) is 2.34. The van der Waals surface area contributed by atoms with Crippen LogP contribution in [0, 0.1) is 0 Å². The number of carbonyl (C=O) groups is 1. The van der Waals surface area contributed by atoms with Gasteiger partial charge in [0.25, 0.3) is 0 Å². The number of amides is 1. The summed E-state index contributed by atoms with van der Waals surface area (Å²) >= 11 is 0. The Morgan fingerprint density at radius 2 is 2.03 bits per heavy atom. The first-order valence-electron chi connectivity index (χ1n) is 10.8. The Balaban J connectivity index is 1.23. The van der Waals surface area contributed by atoms with Crippen molar-refractivity contribution in [1.82, 2.24) is 15.4 Å². The van der Waals surface area contributed by atoms with E-state index >= 15 is 0 Å². The van der Waals surface area contributed by atoms with Gasteiger partial charge in [0.15, 0.2) is 5.58 Å². The Hall–Kier alpha value is -2.90. The second-order valence-electron chi connectivity index (χ2n) is 7.90. The summed E-state index contributed by atoms with van der Waals surface area (Å²) in [5.74, 6) is 0.720. The summed E-state index contributed by atoms with van der Waals surface area (Å²) in [4.78, 5) is 14.7. The molecule has 0 bridgehead atoms. The van der Waals surface area contributed by atoms with Crippen molar-refractivity contribution in [1.29, 1.82) is 0 Å². The highest BCUT2D eigenvalue weighted by Crippen LogP contribution is 2.18. The van der Waals surface area contributed by atoms with Crippen molar-refractivity contribution in [2.75, 3.05) is 33.4 Å². The smallest absolute Gasteiger partial charge is 0.226 e. The lowest BCUT2D eigenvalue weighted by atomic mass is 10.1. The second-order valence-corrected chi connectivity index (χ2v) is 7.90. The number of rotatable bonds is 9. The van der Waals surface area contributed by atoms with Crippen LogP contribution in [0.5, 0.6) is 5.75 Å². The fourth-order valence-electron chi connectivity index (χ4n) is 3.84. The van der Waals surface area contributed by atoms with E-state index in [-0.39, 0.29) is 12.3 Å². The van der Waals surface area contributed by atoms with E-state index in [0.717, 1.165) is 49.3 Å². The fourth-order valence-corrected chi connectivity index (χ4v) is 3.84. The standard InChI is InChI=1S/C24H29N3O4/c1-27(19-9-12-29-13-10-19)11-14-30-20-6-4-5-18(15-20)17-25-24(28)16-22-21-7-2-3-8-23(21)31-26-22/h2-8,15,19H,9-14,16-17H2,1H3,(H,25,28). The molecule has 31 heavy (non-hydrogen) atoms. The average molecular weight is 424 g/mol. The fraction of sp³-hybridized carbons (Fsp3) is 0.417. The maximum absolute atomic E-state index is 12.4. The molecule has 1 amide bonds. The summed E-state index contributed by atoms with van der Waals surface area (Å²) < 4.78 is 16.6. The minimum Gasteiger partial charge on any atom is -0.492 e. The molecule has 0 aliphatic carbocycles. The number of fused-ring (bicyclic) bond motifs is 1. The number of likely N-dealkylation sites (N-methyl/N-ethyl adjacent to an activating group) is 1. The molecule has 3 aromatic rings. The number of hydrogen-bond acceptors (Lipinski definition) is 6. The summed E-state index contributed by atoms with van der Waals surface area (Å²) in [6, 6.07) is 16.0. The van der Waals surface area contributed by atoms with Gasteiger partial charge in [-0.25, -0.2) is 0 Å². The van der Waals surface area contributed by atoms with Crippen LogP contribution < -0.4 is 10.1 Å². The number of ether oxygens (including phenoxy) is 2. The normalized spacial score (nSPS) is 14.8. The highest BCUT2D eigenvalue weighted by atomic mass is 16.5. The van der Waals surface area contributed by atoms with Crippen molar-refractivity contribution < 1.29 is 18.8 Å². The molecular formula is C24H29N3O4. The molecule has 2 aromatic carbocycles. The van der Waals surface area contributed by atoms with E-state index in [0.29, 0.717) is 30.5 Å². The first kappa shape index (κ1) is 21.3. The van der Waals surface area contributed by atoms with Crippen LogP contribution >= 0.6 is 0 Å². The maximum Gasteiger partial charge on any atom is 0.226 e. The predicted molar refractivity (Wildman–Crippen MR) is 118 cm³/mol. The van der Waals surface area contributed by atoms with E-state index < -0.39 is 0 Å². The van der Waals surface area contributed by atoms with Gasteiger partial charge < -0.3 is 19.3 Å².